The molecule has 2 atom stereocenters. The fraction of sp³-hybridized carbons (Fsp3) is 0.533. The minimum absolute atomic E-state index is 0.328. The number of aliphatic carboxylic acids is 1. The summed E-state index contributed by atoms with van der Waals surface area (Å²) in [4.78, 5) is 15.4. The second kappa shape index (κ2) is 6.57. The van der Waals surface area contributed by atoms with Crippen molar-refractivity contribution >= 4 is 17.6 Å². The van der Waals surface area contributed by atoms with E-state index in [-0.39, 0.29) is 0 Å². The lowest BCUT2D eigenvalue weighted by atomic mass is 10.1. The molecule has 0 unspecified atom stereocenters. The lowest BCUT2D eigenvalue weighted by Gasteiger charge is -2.39. The summed E-state index contributed by atoms with van der Waals surface area (Å²) >= 11 is 5.91. The van der Waals surface area contributed by atoms with Crippen LogP contribution in [0.3, 0.4) is 0 Å². The monoisotopic (exact) mass is 296 g/mol. The first-order valence-electron chi connectivity index (χ1n) is 6.95. The van der Waals surface area contributed by atoms with Crippen LogP contribution in [-0.4, -0.2) is 53.1 Å². The van der Waals surface area contributed by atoms with Gasteiger partial charge in [-0.1, -0.05) is 23.7 Å². The van der Waals surface area contributed by atoms with E-state index in [0.717, 1.165) is 31.2 Å². The largest absolute Gasteiger partial charge is 0.480 e. The normalized spacial score (nSPS) is 20.6. The Balaban J connectivity index is 1.93. The van der Waals surface area contributed by atoms with Gasteiger partial charge in [0.05, 0.1) is 0 Å². The average molecular weight is 297 g/mol. The molecular weight excluding hydrogens is 276 g/mol. The summed E-state index contributed by atoms with van der Waals surface area (Å²) in [7, 11) is 0. The van der Waals surface area contributed by atoms with Crippen LogP contribution in [0.4, 0.5) is 0 Å². The highest BCUT2D eigenvalue weighted by atomic mass is 35.5. The third-order valence-corrected chi connectivity index (χ3v) is 4.41. The minimum atomic E-state index is -0.746. The van der Waals surface area contributed by atoms with Crippen LogP contribution in [0.1, 0.15) is 25.5 Å². The van der Waals surface area contributed by atoms with E-state index in [1.165, 1.54) is 5.56 Å². The number of carbonyl (C=O) groups is 1. The van der Waals surface area contributed by atoms with Crippen LogP contribution in [0.25, 0.3) is 0 Å². The van der Waals surface area contributed by atoms with E-state index in [0.29, 0.717) is 6.04 Å². The van der Waals surface area contributed by atoms with Crippen molar-refractivity contribution in [3.63, 3.8) is 0 Å². The van der Waals surface area contributed by atoms with Gasteiger partial charge in [0, 0.05) is 37.2 Å². The summed E-state index contributed by atoms with van der Waals surface area (Å²) in [5.41, 5.74) is 1.24. The Labute approximate surface area is 124 Å². The smallest absolute Gasteiger partial charge is 0.320 e. The molecule has 1 N–H and O–H groups in total. The predicted molar refractivity (Wildman–Crippen MR) is 80.1 cm³/mol. The number of benzene rings is 1. The first kappa shape index (κ1) is 15.3. The van der Waals surface area contributed by atoms with Gasteiger partial charge in [0.25, 0.3) is 0 Å². The van der Waals surface area contributed by atoms with Crippen molar-refractivity contribution in [1.29, 1.82) is 0 Å². The van der Waals surface area contributed by atoms with Gasteiger partial charge in [0.15, 0.2) is 0 Å². The summed E-state index contributed by atoms with van der Waals surface area (Å²) < 4.78 is 0. The van der Waals surface area contributed by atoms with Crippen molar-refractivity contribution in [2.75, 3.05) is 26.2 Å². The number of carboxylic acids is 1. The standard InChI is InChI=1S/C15H21ClN2O2/c1-11(13-3-5-14(16)6-4-13)17-7-9-18(10-8-17)12(2)15(19)20/h3-6,11-12H,7-10H2,1-2H3,(H,19,20)/t11-,12+/m1/s1. The molecular formula is C15H21ClN2O2. The third kappa shape index (κ3) is 3.51. The molecule has 1 aliphatic rings. The number of halogens is 1. The highest BCUT2D eigenvalue weighted by molar-refractivity contribution is 6.30. The maximum absolute atomic E-state index is 11.0. The van der Waals surface area contributed by atoms with Crippen LogP contribution in [0, 0.1) is 0 Å². The number of hydrogen-bond acceptors (Lipinski definition) is 3. The molecule has 0 bridgehead atoms. The van der Waals surface area contributed by atoms with E-state index >= 15 is 0 Å². The van der Waals surface area contributed by atoms with Crippen molar-refractivity contribution in [3.05, 3.63) is 34.9 Å². The summed E-state index contributed by atoms with van der Waals surface area (Å²) in [5.74, 6) is -0.746. The summed E-state index contributed by atoms with van der Waals surface area (Å²) in [6.45, 7) is 7.31. The van der Waals surface area contributed by atoms with E-state index in [2.05, 4.69) is 24.0 Å². The molecule has 0 aliphatic carbocycles. The zero-order chi connectivity index (χ0) is 14.7. The topological polar surface area (TPSA) is 43.8 Å². The zero-order valence-corrected chi connectivity index (χ0v) is 12.7. The number of nitrogens with zero attached hydrogens (tertiary/aromatic N) is 2. The lowest BCUT2D eigenvalue weighted by Crippen LogP contribution is -2.52. The van der Waals surface area contributed by atoms with Crippen LogP contribution >= 0.6 is 11.6 Å². The van der Waals surface area contributed by atoms with Gasteiger partial charge >= 0.3 is 5.97 Å². The van der Waals surface area contributed by atoms with Crippen molar-refractivity contribution in [1.82, 2.24) is 9.80 Å². The molecule has 1 aromatic rings. The molecule has 1 heterocycles. The second-order valence-corrected chi connectivity index (χ2v) is 5.75. The molecule has 5 heteroatoms. The number of rotatable bonds is 4. The van der Waals surface area contributed by atoms with Gasteiger partial charge < -0.3 is 5.11 Å². The highest BCUT2D eigenvalue weighted by Crippen LogP contribution is 2.23. The SMILES string of the molecule is C[C@H](c1ccc(Cl)cc1)N1CCN([C@@H](C)C(=O)O)CC1. The Morgan fingerprint density at radius 2 is 1.60 bits per heavy atom. The van der Waals surface area contributed by atoms with Gasteiger partial charge in [-0.25, -0.2) is 0 Å². The van der Waals surface area contributed by atoms with E-state index < -0.39 is 12.0 Å². The third-order valence-electron chi connectivity index (χ3n) is 4.15. The molecule has 0 aromatic heterocycles. The maximum atomic E-state index is 11.0. The van der Waals surface area contributed by atoms with Gasteiger partial charge in [-0.05, 0) is 31.5 Å². The van der Waals surface area contributed by atoms with Crippen LogP contribution in [0.2, 0.25) is 5.02 Å². The molecule has 20 heavy (non-hydrogen) atoms. The van der Waals surface area contributed by atoms with Gasteiger partial charge in [0.2, 0.25) is 0 Å². The molecule has 1 aliphatic heterocycles. The Morgan fingerprint density at radius 1 is 1.10 bits per heavy atom. The Morgan fingerprint density at radius 3 is 2.10 bits per heavy atom. The molecule has 0 saturated carbocycles. The maximum Gasteiger partial charge on any atom is 0.320 e. The van der Waals surface area contributed by atoms with Gasteiger partial charge in [0.1, 0.15) is 6.04 Å². The number of carboxylic acid groups (broad SMARTS) is 1. The summed E-state index contributed by atoms with van der Waals surface area (Å²) in [6.07, 6.45) is 0. The quantitative estimate of drug-likeness (QED) is 0.927. The zero-order valence-electron chi connectivity index (χ0n) is 11.9. The Bertz CT molecular complexity index is 455. The van der Waals surface area contributed by atoms with Crippen molar-refractivity contribution in [3.8, 4) is 0 Å². The first-order chi connectivity index (χ1) is 9.49. The van der Waals surface area contributed by atoms with Gasteiger partial charge in [-0.2, -0.15) is 0 Å². The van der Waals surface area contributed by atoms with E-state index in [1.807, 2.05) is 17.0 Å². The molecule has 1 fully saturated rings. The molecule has 0 spiro atoms. The van der Waals surface area contributed by atoms with Crippen LogP contribution < -0.4 is 0 Å². The van der Waals surface area contributed by atoms with Crippen LogP contribution in [0.5, 0.6) is 0 Å². The van der Waals surface area contributed by atoms with Gasteiger partial charge in [-0.3, -0.25) is 14.6 Å². The number of piperazine rings is 1. The minimum Gasteiger partial charge on any atom is -0.480 e. The van der Waals surface area contributed by atoms with Crippen LogP contribution in [-0.2, 0) is 4.79 Å². The second-order valence-electron chi connectivity index (χ2n) is 5.31. The van der Waals surface area contributed by atoms with E-state index in [9.17, 15) is 4.79 Å². The van der Waals surface area contributed by atoms with Crippen molar-refractivity contribution < 1.29 is 9.90 Å². The highest BCUT2D eigenvalue weighted by Gasteiger charge is 2.27. The Hall–Kier alpha value is -1.10. The van der Waals surface area contributed by atoms with Gasteiger partial charge in [-0.15, -0.1) is 0 Å². The molecule has 1 saturated heterocycles. The molecule has 2 rings (SSSR count). The van der Waals surface area contributed by atoms with Crippen molar-refractivity contribution in [2.24, 2.45) is 0 Å². The summed E-state index contributed by atoms with van der Waals surface area (Å²) in [5, 5.41) is 9.80. The average Bonchev–Trinajstić information content (AvgIpc) is 2.46. The predicted octanol–water partition coefficient (Wildman–Crippen LogP) is 2.49. The fourth-order valence-electron chi connectivity index (χ4n) is 2.62. The fourth-order valence-corrected chi connectivity index (χ4v) is 2.75. The van der Waals surface area contributed by atoms with Crippen LogP contribution in [0.15, 0.2) is 24.3 Å². The summed E-state index contributed by atoms with van der Waals surface area (Å²) in [6, 6.07) is 7.86. The Kier molecular flexibility index (Phi) is 5.02. The lowest BCUT2D eigenvalue weighted by molar-refractivity contribution is -0.143. The van der Waals surface area contributed by atoms with Crippen molar-refractivity contribution in [2.45, 2.75) is 25.9 Å². The van der Waals surface area contributed by atoms with E-state index in [4.69, 9.17) is 16.7 Å². The molecule has 0 radical (unpaired) electrons. The van der Waals surface area contributed by atoms with E-state index in [1.54, 1.807) is 6.92 Å². The molecule has 4 nitrogen and oxygen atoms in total. The first-order valence-corrected chi connectivity index (χ1v) is 7.33. The molecule has 0 amide bonds. The molecule has 1 aromatic carbocycles. The molecule has 110 valence electrons. The number of hydrogen-bond donors (Lipinski definition) is 1.